The highest BCUT2D eigenvalue weighted by Crippen LogP contribution is 2.31. The second kappa shape index (κ2) is 6.42. The maximum atomic E-state index is 5.95. The van der Waals surface area contributed by atoms with Crippen LogP contribution in [0.2, 0.25) is 0 Å². The van der Waals surface area contributed by atoms with Crippen molar-refractivity contribution in [3.63, 3.8) is 0 Å². The van der Waals surface area contributed by atoms with Gasteiger partial charge in [-0.05, 0) is 55.7 Å². The quantitative estimate of drug-likeness (QED) is 0.560. The number of oxazole rings is 1. The average molecular weight is 387 g/mol. The van der Waals surface area contributed by atoms with Crippen molar-refractivity contribution in [1.29, 1.82) is 0 Å². The van der Waals surface area contributed by atoms with E-state index in [-0.39, 0.29) is 6.01 Å². The Morgan fingerprint density at radius 3 is 2.93 bits per heavy atom. The molecule has 7 rings (SSSR count). The smallest absolute Gasteiger partial charge is 0.292 e. The summed E-state index contributed by atoms with van der Waals surface area (Å²) in [6, 6.07) is 12.6. The van der Waals surface area contributed by atoms with Crippen LogP contribution in [0.15, 0.2) is 47.0 Å². The van der Waals surface area contributed by atoms with Gasteiger partial charge in [-0.25, -0.2) is 4.98 Å². The molecule has 2 unspecified atom stereocenters. The Labute approximate surface area is 167 Å². The van der Waals surface area contributed by atoms with Crippen LogP contribution < -0.4 is 10.6 Å². The first-order chi connectivity index (χ1) is 14.2. The Balaban J connectivity index is 1.40. The van der Waals surface area contributed by atoms with Crippen LogP contribution in [0.1, 0.15) is 19.3 Å². The molecular weight excluding hydrogens is 366 g/mol. The molecule has 2 atom stereocenters. The van der Waals surface area contributed by atoms with Gasteiger partial charge in [-0.15, -0.1) is 0 Å². The molecule has 4 aromatic rings. The minimum atomic E-state index is 0.174. The summed E-state index contributed by atoms with van der Waals surface area (Å²) in [6.45, 7) is 1.73. The van der Waals surface area contributed by atoms with Crippen molar-refractivity contribution in [2.45, 2.75) is 31.4 Å². The van der Waals surface area contributed by atoms with Crippen molar-refractivity contribution in [3.8, 4) is 11.3 Å². The van der Waals surface area contributed by atoms with Gasteiger partial charge in [0.2, 0.25) is 0 Å². The number of ether oxygens (including phenoxy) is 1. The Morgan fingerprint density at radius 1 is 1.00 bits per heavy atom. The van der Waals surface area contributed by atoms with Crippen molar-refractivity contribution < 1.29 is 9.15 Å². The van der Waals surface area contributed by atoms with Crippen LogP contribution in [0, 0.1) is 0 Å². The number of nitrogens with zero attached hydrogens (tertiary/aromatic N) is 4. The molecule has 29 heavy (non-hydrogen) atoms. The van der Waals surface area contributed by atoms with Gasteiger partial charge >= 0.3 is 0 Å². The number of pyridine rings is 2. The summed E-state index contributed by atoms with van der Waals surface area (Å²) in [5.41, 5.74) is 11.8. The summed E-state index contributed by atoms with van der Waals surface area (Å²) >= 11 is 0. The van der Waals surface area contributed by atoms with Crippen molar-refractivity contribution >= 4 is 33.8 Å². The van der Waals surface area contributed by atoms with E-state index in [1.54, 1.807) is 0 Å². The van der Waals surface area contributed by atoms with Gasteiger partial charge in [-0.1, -0.05) is 0 Å². The highest BCUT2D eigenvalue weighted by atomic mass is 16.5. The van der Waals surface area contributed by atoms with Crippen LogP contribution in [0.5, 0.6) is 0 Å². The summed E-state index contributed by atoms with van der Waals surface area (Å²) in [5.74, 6) is 0. The van der Waals surface area contributed by atoms with Crippen LogP contribution >= 0.6 is 0 Å². The molecule has 0 radical (unpaired) electrons. The number of anilines is 2. The zero-order chi connectivity index (χ0) is 19.4. The van der Waals surface area contributed by atoms with Gasteiger partial charge in [0.15, 0.2) is 5.58 Å². The lowest BCUT2D eigenvalue weighted by Gasteiger charge is -2.38. The number of fused-ring (bicyclic) bond motifs is 6. The molecule has 3 saturated heterocycles. The van der Waals surface area contributed by atoms with Gasteiger partial charge in [0.1, 0.15) is 5.52 Å². The average Bonchev–Trinajstić information content (AvgIpc) is 2.89. The van der Waals surface area contributed by atoms with Crippen LogP contribution in [-0.4, -0.2) is 40.2 Å². The van der Waals surface area contributed by atoms with Crippen molar-refractivity contribution in [3.05, 3.63) is 42.6 Å². The van der Waals surface area contributed by atoms with Gasteiger partial charge in [-0.2, -0.15) is 4.98 Å². The number of morpholine rings is 1. The number of aromatic nitrogens is 3. The lowest BCUT2D eigenvalue weighted by atomic mass is 10.1. The molecule has 0 amide bonds. The van der Waals surface area contributed by atoms with Crippen LogP contribution in [0.3, 0.4) is 0 Å². The normalized spacial score (nSPS) is 21.7. The molecule has 2 N–H and O–H groups in total. The molecule has 3 aliphatic heterocycles. The summed E-state index contributed by atoms with van der Waals surface area (Å²) in [7, 11) is 0. The topological polar surface area (TPSA) is 90.3 Å². The maximum Gasteiger partial charge on any atom is 0.292 e. The fraction of sp³-hybridized carbons (Fsp3) is 0.318. The first-order valence-corrected chi connectivity index (χ1v) is 10.0. The molecule has 0 saturated carbocycles. The third kappa shape index (κ3) is 2.89. The second-order valence-corrected chi connectivity index (χ2v) is 7.86. The van der Waals surface area contributed by atoms with Crippen molar-refractivity contribution in [2.75, 3.05) is 23.8 Å². The van der Waals surface area contributed by atoms with E-state index in [4.69, 9.17) is 19.9 Å². The molecule has 3 aliphatic rings. The summed E-state index contributed by atoms with van der Waals surface area (Å²) in [5, 5.41) is 0. The lowest BCUT2D eigenvalue weighted by molar-refractivity contribution is 0.0307. The standard InChI is InChI=1S/C22H21N5O2/c23-22-26-20-8-13(4-7-21(20)29-22)17-5-6-18-19(25-17)9-15(10-24-18)27-11-16-3-1-2-14(27)12-28-16/h4-10,14,16H,1-3,11-12H2,(H2,23,26). The number of rotatable bonds is 2. The molecule has 1 aromatic carbocycles. The third-order valence-electron chi connectivity index (χ3n) is 5.98. The molecule has 0 spiro atoms. The molecular formula is C22H21N5O2. The Kier molecular flexibility index (Phi) is 3.70. The molecule has 6 heterocycles. The second-order valence-electron chi connectivity index (χ2n) is 7.86. The van der Waals surface area contributed by atoms with E-state index in [0.717, 1.165) is 53.1 Å². The highest BCUT2D eigenvalue weighted by molar-refractivity contribution is 5.84. The SMILES string of the molecule is Nc1nc2cc(-c3ccc4ncc(N5CC6CCCC5CO6)cc4n3)ccc2o1. The number of hydrogen-bond donors (Lipinski definition) is 1. The minimum absolute atomic E-state index is 0.174. The van der Waals surface area contributed by atoms with E-state index in [1.807, 2.05) is 36.5 Å². The Hall–Kier alpha value is -3.19. The summed E-state index contributed by atoms with van der Waals surface area (Å²) in [6.07, 6.45) is 5.83. The van der Waals surface area contributed by atoms with Crippen LogP contribution in [-0.2, 0) is 4.74 Å². The predicted molar refractivity (Wildman–Crippen MR) is 112 cm³/mol. The molecule has 3 fully saturated rings. The highest BCUT2D eigenvalue weighted by Gasteiger charge is 2.32. The number of hydrogen-bond acceptors (Lipinski definition) is 7. The zero-order valence-corrected chi connectivity index (χ0v) is 15.9. The first-order valence-electron chi connectivity index (χ1n) is 10.0. The van der Waals surface area contributed by atoms with E-state index in [9.17, 15) is 0 Å². The zero-order valence-electron chi connectivity index (χ0n) is 15.9. The molecule has 146 valence electrons. The minimum Gasteiger partial charge on any atom is -0.424 e. The number of nitrogens with two attached hydrogens (primary N) is 1. The molecule has 2 bridgehead atoms. The fourth-order valence-corrected chi connectivity index (χ4v) is 4.49. The summed E-state index contributed by atoms with van der Waals surface area (Å²) in [4.78, 5) is 16.2. The van der Waals surface area contributed by atoms with Crippen molar-refractivity contribution in [2.24, 2.45) is 0 Å². The summed E-state index contributed by atoms with van der Waals surface area (Å²) < 4.78 is 11.3. The van der Waals surface area contributed by atoms with Gasteiger partial charge in [0.25, 0.3) is 6.01 Å². The third-order valence-corrected chi connectivity index (χ3v) is 5.98. The van der Waals surface area contributed by atoms with E-state index < -0.39 is 0 Å². The van der Waals surface area contributed by atoms with E-state index in [0.29, 0.717) is 17.7 Å². The van der Waals surface area contributed by atoms with E-state index in [2.05, 4.69) is 20.9 Å². The molecule has 7 nitrogen and oxygen atoms in total. The van der Waals surface area contributed by atoms with E-state index >= 15 is 0 Å². The molecule has 7 heteroatoms. The van der Waals surface area contributed by atoms with Gasteiger partial charge in [-0.3, -0.25) is 4.98 Å². The van der Waals surface area contributed by atoms with Gasteiger partial charge in [0.05, 0.1) is 47.4 Å². The maximum absolute atomic E-state index is 5.95. The Bertz CT molecular complexity index is 1220. The molecule has 0 aliphatic carbocycles. The van der Waals surface area contributed by atoms with E-state index in [1.165, 1.54) is 12.8 Å². The van der Waals surface area contributed by atoms with Gasteiger partial charge in [0, 0.05) is 12.1 Å². The fourth-order valence-electron chi connectivity index (χ4n) is 4.49. The lowest BCUT2D eigenvalue weighted by Crippen LogP contribution is -2.47. The monoisotopic (exact) mass is 387 g/mol. The van der Waals surface area contributed by atoms with Crippen molar-refractivity contribution in [1.82, 2.24) is 15.0 Å². The predicted octanol–water partition coefficient (Wildman–Crippen LogP) is 3.78. The first kappa shape index (κ1) is 16.7. The largest absolute Gasteiger partial charge is 0.424 e. The van der Waals surface area contributed by atoms with Crippen LogP contribution in [0.25, 0.3) is 33.4 Å². The number of benzene rings is 1. The van der Waals surface area contributed by atoms with Gasteiger partial charge < -0.3 is 19.8 Å². The molecule has 3 aromatic heterocycles. The Morgan fingerprint density at radius 2 is 1.97 bits per heavy atom. The van der Waals surface area contributed by atoms with Crippen LogP contribution in [0.4, 0.5) is 11.7 Å². The number of nitrogen functional groups attached to an aromatic ring is 1.